The Kier molecular flexibility index (Phi) is 5.83. The van der Waals surface area contributed by atoms with Crippen molar-refractivity contribution in [2.75, 3.05) is 27.2 Å². The van der Waals surface area contributed by atoms with Crippen LogP contribution in [0.5, 0.6) is 0 Å². The molecule has 0 atom stereocenters. The zero-order valence-electron chi connectivity index (χ0n) is 11.7. The summed E-state index contributed by atoms with van der Waals surface area (Å²) in [5.41, 5.74) is 2.95. The summed E-state index contributed by atoms with van der Waals surface area (Å²) in [6.45, 7) is 4.02. The number of amides is 2. The van der Waals surface area contributed by atoms with Crippen molar-refractivity contribution < 1.29 is 4.79 Å². The van der Waals surface area contributed by atoms with Gasteiger partial charge >= 0.3 is 6.03 Å². The maximum atomic E-state index is 11.3. The van der Waals surface area contributed by atoms with Crippen molar-refractivity contribution in [2.24, 2.45) is 0 Å². The molecule has 5 heteroatoms. The van der Waals surface area contributed by atoms with Crippen LogP contribution in [0.3, 0.4) is 0 Å². The van der Waals surface area contributed by atoms with Gasteiger partial charge in [0, 0.05) is 33.7 Å². The van der Waals surface area contributed by atoms with E-state index in [1.165, 1.54) is 4.90 Å². The lowest BCUT2D eigenvalue weighted by Crippen LogP contribution is -2.38. The van der Waals surface area contributed by atoms with Crippen molar-refractivity contribution in [3.63, 3.8) is 0 Å². The molecule has 1 aromatic rings. The molecule has 5 nitrogen and oxygen atoms in total. The van der Waals surface area contributed by atoms with Crippen LogP contribution in [0.25, 0.3) is 0 Å². The minimum absolute atomic E-state index is 0.0867. The minimum Gasteiger partial charge on any atom is -0.337 e. The Balaban J connectivity index is 2.30. The van der Waals surface area contributed by atoms with Gasteiger partial charge in [0.2, 0.25) is 0 Å². The third kappa shape index (κ3) is 4.98. The standard InChI is InChI=1S/C14H20N4O/c1-11-8-12(9-15)4-5-13(11)10-16-6-7-17-14(19)18(2)3/h4-5,8,16H,6-7,10H2,1-3H3,(H,17,19). The maximum absolute atomic E-state index is 11.3. The molecule has 0 aliphatic carbocycles. The fourth-order valence-electron chi connectivity index (χ4n) is 1.60. The average molecular weight is 260 g/mol. The van der Waals surface area contributed by atoms with E-state index in [2.05, 4.69) is 16.7 Å². The highest BCUT2D eigenvalue weighted by molar-refractivity contribution is 5.73. The second kappa shape index (κ2) is 7.39. The van der Waals surface area contributed by atoms with E-state index in [0.717, 1.165) is 17.7 Å². The molecule has 0 spiro atoms. The van der Waals surface area contributed by atoms with Gasteiger partial charge in [0.1, 0.15) is 0 Å². The summed E-state index contributed by atoms with van der Waals surface area (Å²) in [7, 11) is 3.42. The lowest BCUT2D eigenvalue weighted by molar-refractivity contribution is 0.217. The molecular formula is C14H20N4O. The number of urea groups is 1. The van der Waals surface area contributed by atoms with Crippen molar-refractivity contribution in [3.05, 3.63) is 34.9 Å². The number of rotatable bonds is 5. The number of hydrogen-bond donors (Lipinski definition) is 2. The van der Waals surface area contributed by atoms with E-state index in [4.69, 9.17) is 5.26 Å². The Hall–Kier alpha value is -2.06. The largest absolute Gasteiger partial charge is 0.337 e. The molecule has 0 heterocycles. The second-order valence-corrected chi connectivity index (χ2v) is 4.56. The van der Waals surface area contributed by atoms with Crippen molar-refractivity contribution >= 4 is 6.03 Å². The molecule has 0 aliphatic rings. The number of carbonyl (C=O) groups is 1. The zero-order valence-corrected chi connectivity index (χ0v) is 11.7. The van der Waals surface area contributed by atoms with Crippen molar-refractivity contribution in [2.45, 2.75) is 13.5 Å². The monoisotopic (exact) mass is 260 g/mol. The van der Waals surface area contributed by atoms with Gasteiger partial charge in [0.25, 0.3) is 0 Å². The van der Waals surface area contributed by atoms with E-state index in [1.54, 1.807) is 14.1 Å². The zero-order chi connectivity index (χ0) is 14.3. The van der Waals surface area contributed by atoms with Crippen LogP contribution in [-0.2, 0) is 6.54 Å². The van der Waals surface area contributed by atoms with E-state index in [-0.39, 0.29) is 6.03 Å². The van der Waals surface area contributed by atoms with E-state index < -0.39 is 0 Å². The lowest BCUT2D eigenvalue weighted by atomic mass is 10.1. The molecular weight excluding hydrogens is 240 g/mol. The van der Waals surface area contributed by atoms with Crippen LogP contribution in [0.1, 0.15) is 16.7 Å². The molecule has 0 radical (unpaired) electrons. The molecule has 1 aromatic carbocycles. The Morgan fingerprint density at radius 3 is 2.68 bits per heavy atom. The van der Waals surface area contributed by atoms with Gasteiger partial charge in [-0.25, -0.2) is 4.79 Å². The molecule has 0 fully saturated rings. The minimum atomic E-state index is -0.0867. The molecule has 0 aliphatic heterocycles. The molecule has 0 unspecified atom stereocenters. The summed E-state index contributed by atoms with van der Waals surface area (Å²) >= 11 is 0. The van der Waals surface area contributed by atoms with Crippen LogP contribution in [0.4, 0.5) is 4.79 Å². The van der Waals surface area contributed by atoms with E-state index in [9.17, 15) is 4.79 Å². The normalized spacial score (nSPS) is 9.79. The molecule has 0 saturated heterocycles. The fourth-order valence-corrected chi connectivity index (χ4v) is 1.60. The molecule has 2 amide bonds. The van der Waals surface area contributed by atoms with Crippen molar-refractivity contribution in [3.8, 4) is 6.07 Å². The topological polar surface area (TPSA) is 68.2 Å². The number of carbonyl (C=O) groups excluding carboxylic acids is 1. The number of benzene rings is 1. The van der Waals surface area contributed by atoms with Gasteiger partial charge in [-0.15, -0.1) is 0 Å². The number of nitrogens with one attached hydrogen (secondary N) is 2. The first-order valence-electron chi connectivity index (χ1n) is 6.20. The molecule has 0 bridgehead atoms. The van der Waals surface area contributed by atoms with Crippen LogP contribution in [0.2, 0.25) is 0 Å². The Labute approximate surface area is 114 Å². The smallest absolute Gasteiger partial charge is 0.316 e. The average Bonchev–Trinajstić information content (AvgIpc) is 2.39. The second-order valence-electron chi connectivity index (χ2n) is 4.56. The third-order valence-electron chi connectivity index (χ3n) is 2.77. The number of aryl methyl sites for hydroxylation is 1. The number of nitriles is 1. The van der Waals surface area contributed by atoms with E-state index in [1.807, 2.05) is 25.1 Å². The van der Waals surface area contributed by atoms with Gasteiger partial charge in [0.05, 0.1) is 11.6 Å². The summed E-state index contributed by atoms with van der Waals surface area (Å²) in [6.07, 6.45) is 0. The Morgan fingerprint density at radius 2 is 2.11 bits per heavy atom. The molecule has 19 heavy (non-hydrogen) atoms. The van der Waals surface area contributed by atoms with Gasteiger partial charge in [0.15, 0.2) is 0 Å². The molecule has 2 N–H and O–H groups in total. The third-order valence-corrected chi connectivity index (χ3v) is 2.77. The van der Waals surface area contributed by atoms with Gasteiger partial charge in [-0.1, -0.05) is 6.07 Å². The van der Waals surface area contributed by atoms with Gasteiger partial charge < -0.3 is 15.5 Å². The first kappa shape index (κ1) is 15.0. The summed E-state index contributed by atoms with van der Waals surface area (Å²) in [4.78, 5) is 12.8. The number of hydrogen-bond acceptors (Lipinski definition) is 3. The summed E-state index contributed by atoms with van der Waals surface area (Å²) in [5.74, 6) is 0. The van der Waals surface area contributed by atoms with Gasteiger partial charge in [-0.05, 0) is 30.2 Å². The van der Waals surface area contributed by atoms with Gasteiger partial charge in [-0.2, -0.15) is 5.26 Å². The maximum Gasteiger partial charge on any atom is 0.316 e. The van der Waals surface area contributed by atoms with Crippen LogP contribution < -0.4 is 10.6 Å². The summed E-state index contributed by atoms with van der Waals surface area (Å²) in [5, 5.41) is 14.8. The lowest BCUT2D eigenvalue weighted by Gasteiger charge is -2.12. The van der Waals surface area contributed by atoms with Gasteiger partial charge in [-0.3, -0.25) is 0 Å². The van der Waals surface area contributed by atoms with Crippen molar-refractivity contribution in [1.82, 2.24) is 15.5 Å². The fraction of sp³-hybridized carbons (Fsp3) is 0.429. The summed E-state index contributed by atoms with van der Waals surface area (Å²) < 4.78 is 0. The van der Waals surface area contributed by atoms with E-state index in [0.29, 0.717) is 18.7 Å². The number of nitrogens with zero attached hydrogens (tertiary/aromatic N) is 2. The highest BCUT2D eigenvalue weighted by atomic mass is 16.2. The molecule has 102 valence electrons. The molecule has 1 rings (SSSR count). The van der Waals surface area contributed by atoms with Crippen LogP contribution in [0.15, 0.2) is 18.2 Å². The predicted octanol–water partition coefficient (Wildman–Crippen LogP) is 1.23. The Bertz CT molecular complexity index is 477. The van der Waals surface area contributed by atoms with E-state index >= 15 is 0 Å². The molecule has 0 aromatic heterocycles. The van der Waals surface area contributed by atoms with Crippen LogP contribution >= 0.6 is 0 Å². The summed E-state index contributed by atoms with van der Waals surface area (Å²) in [6, 6.07) is 7.69. The van der Waals surface area contributed by atoms with Crippen LogP contribution in [-0.4, -0.2) is 38.1 Å². The SMILES string of the molecule is Cc1cc(C#N)ccc1CNCCNC(=O)N(C)C. The molecule has 0 saturated carbocycles. The first-order chi connectivity index (χ1) is 9.04. The highest BCUT2D eigenvalue weighted by Crippen LogP contribution is 2.09. The first-order valence-corrected chi connectivity index (χ1v) is 6.20. The Morgan fingerprint density at radius 1 is 1.37 bits per heavy atom. The highest BCUT2D eigenvalue weighted by Gasteiger charge is 2.02. The van der Waals surface area contributed by atoms with Crippen molar-refractivity contribution in [1.29, 1.82) is 5.26 Å². The van der Waals surface area contributed by atoms with Crippen LogP contribution in [0, 0.1) is 18.3 Å². The quantitative estimate of drug-likeness (QED) is 0.782. The predicted molar refractivity (Wildman–Crippen MR) is 74.7 cm³/mol.